The van der Waals surface area contributed by atoms with Crippen molar-refractivity contribution in [3.05, 3.63) is 0 Å². The number of carbonyl (C=O) groups is 1. The van der Waals surface area contributed by atoms with Crippen LogP contribution in [0.25, 0.3) is 0 Å². The van der Waals surface area contributed by atoms with Gasteiger partial charge in [0.05, 0.1) is 0 Å². The van der Waals surface area contributed by atoms with E-state index >= 15 is 0 Å². The first-order chi connectivity index (χ1) is 7.58. The molecule has 0 radical (unpaired) electrons. The second kappa shape index (κ2) is 3.56. The third kappa shape index (κ3) is 1.54. The molecule has 0 N–H and O–H groups in total. The average molecular weight is 221 g/mol. The number of ketones is 1. The van der Waals surface area contributed by atoms with E-state index in [1.807, 2.05) is 0 Å². The van der Waals surface area contributed by atoms with Crippen LogP contribution in [0.3, 0.4) is 0 Å². The van der Waals surface area contributed by atoms with E-state index in [4.69, 9.17) is 0 Å². The van der Waals surface area contributed by atoms with Crippen molar-refractivity contribution in [2.45, 2.75) is 76.9 Å². The number of rotatable bonds is 1. The van der Waals surface area contributed by atoms with Gasteiger partial charge in [-0.2, -0.15) is 0 Å². The van der Waals surface area contributed by atoms with Gasteiger partial charge in [-0.3, -0.25) is 9.69 Å². The van der Waals surface area contributed by atoms with Crippen molar-refractivity contribution in [3.8, 4) is 0 Å². The van der Waals surface area contributed by atoms with E-state index in [9.17, 15) is 4.79 Å². The Bertz CT molecular complexity index is 294. The molecule has 1 aliphatic carbocycles. The van der Waals surface area contributed by atoms with Gasteiger partial charge in [-0.1, -0.05) is 20.3 Å². The predicted octanol–water partition coefficient (Wildman–Crippen LogP) is 2.76. The summed E-state index contributed by atoms with van der Waals surface area (Å²) in [7, 11) is 0. The first kappa shape index (κ1) is 10.8. The lowest BCUT2D eigenvalue weighted by atomic mass is 9.84. The molecule has 0 aromatic carbocycles. The Balaban J connectivity index is 1.83. The molecule has 0 spiro atoms. The van der Waals surface area contributed by atoms with Crippen LogP contribution in [0.2, 0.25) is 0 Å². The second-order valence-corrected chi connectivity index (χ2v) is 6.68. The van der Waals surface area contributed by atoms with Crippen molar-refractivity contribution in [1.82, 2.24) is 4.90 Å². The van der Waals surface area contributed by atoms with Crippen LogP contribution in [0.1, 0.15) is 58.8 Å². The highest BCUT2D eigenvalue weighted by atomic mass is 16.1. The summed E-state index contributed by atoms with van der Waals surface area (Å²) < 4.78 is 0. The van der Waals surface area contributed by atoms with Crippen LogP contribution in [-0.2, 0) is 4.79 Å². The van der Waals surface area contributed by atoms with E-state index in [2.05, 4.69) is 18.7 Å². The van der Waals surface area contributed by atoms with Gasteiger partial charge in [0.15, 0.2) is 0 Å². The van der Waals surface area contributed by atoms with Gasteiger partial charge in [-0.05, 0) is 31.1 Å². The van der Waals surface area contributed by atoms with E-state index in [1.54, 1.807) is 0 Å². The van der Waals surface area contributed by atoms with Crippen molar-refractivity contribution in [1.29, 1.82) is 0 Å². The van der Waals surface area contributed by atoms with Crippen LogP contribution in [0.15, 0.2) is 0 Å². The Morgan fingerprint density at radius 2 is 1.75 bits per heavy atom. The van der Waals surface area contributed by atoms with Crippen molar-refractivity contribution < 1.29 is 4.79 Å². The molecule has 0 aromatic heterocycles. The molecule has 3 rings (SSSR count). The minimum Gasteiger partial charge on any atom is -0.300 e. The molecular weight excluding hydrogens is 198 g/mol. The second-order valence-electron chi connectivity index (χ2n) is 6.68. The molecule has 2 nitrogen and oxygen atoms in total. The molecule has 3 atom stereocenters. The minimum absolute atomic E-state index is 0.473. The maximum atomic E-state index is 11.6. The predicted molar refractivity (Wildman–Crippen MR) is 64.3 cm³/mol. The zero-order valence-electron chi connectivity index (χ0n) is 10.5. The van der Waals surface area contributed by atoms with Gasteiger partial charge < -0.3 is 0 Å². The first-order valence-corrected chi connectivity index (χ1v) is 6.87. The van der Waals surface area contributed by atoms with E-state index < -0.39 is 0 Å². The normalized spacial score (nSPS) is 42.9. The highest BCUT2D eigenvalue weighted by molar-refractivity contribution is 5.81. The van der Waals surface area contributed by atoms with Crippen LogP contribution in [0.4, 0.5) is 0 Å². The van der Waals surface area contributed by atoms with E-state index in [0.29, 0.717) is 23.3 Å². The smallest absolute Gasteiger partial charge is 0.136 e. The molecule has 3 fully saturated rings. The molecule has 1 saturated carbocycles. The Morgan fingerprint density at radius 3 is 2.25 bits per heavy atom. The molecule has 3 aliphatic rings. The number of hydrogen-bond acceptors (Lipinski definition) is 2. The first-order valence-electron chi connectivity index (χ1n) is 6.87. The fourth-order valence-corrected chi connectivity index (χ4v) is 4.37. The molecule has 2 aliphatic heterocycles. The van der Waals surface area contributed by atoms with Crippen LogP contribution >= 0.6 is 0 Å². The molecular formula is C14H23NO. The standard InChI is InChI=1S/C14H23NO/c1-14(2)7-3-4-13(14)15-10-5-6-11(15)9-12(16)8-10/h10-11,13H,3-9H2,1-2H3. The summed E-state index contributed by atoms with van der Waals surface area (Å²) in [5.41, 5.74) is 0.473. The minimum atomic E-state index is 0.473. The third-order valence-corrected chi connectivity index (χ3v) is 5.16. The highest BCUT2D eigenvalue weighted by Crippen LogP contribution is 2.47. The van der Waals surface area contributed by atoms with E-state index in [0.717, 1.165) is 18.9 Å². The summed E-state index contributed by atoms with van der Waals surface area (Å²) >= 11 is 0. The summed E-state index contributed by atoms with van der Waals surface area (Å²) in [6.45, 7) is 4.83. The van der Waals surface area contributed by atoms with Gasteiger partial charge >= 0.3 is 0 Å². The Hall–Kier alpha value is -0.370. The van der Waals surface area contributed by atoms with Crippen LogP contribution in [0.5, 0.6) is 0 Å². The molecule has 0 amide bonds. The quantitative estimate of drug-likeness (QED) is 0.678. The van der Waals surface area contributed by atoms with Crippen LogP contribution in [-0.4, -0.2) is 28.8 Å². The monoisotopic (exact) mass is 221 g/mol. The fraction of sp³-hybridized carbons (Fsp3) is 0.929. The zero-order valence-corrected chi connectivity index (χ0v) is 10.5. The van der Waals surface area contributed by atoms with Crippen LogP contribution < -0.4 is 0 Å². The number of hydrogen-bond donors (Lipinski definition) is 0. The third-order valence-electron chi connectivity index (χ3n) is 5.16. The summed E-state index contributed by atoms with van der Waals surface area (Å²) in [6, 6.07) is 1.93. The number of fused-ring (bicyclic) bond motifs is 2. The van der Waals surface area contributed by atoms with Gasteiger partial charge in [-0.25, -0.2) is 0 Å². The van der Waals surface area contributed by atoms with Gasteiger partial charge in [0.25, 0.3) is 0 Å². The Labute approximate surface area is 98.4 Å². The molecule has 2 heteroatoms. The van der Waals surface area contributed by atoms with Gasteiger partial charge in [-0.15, -0.1) is 0 Å². The van der Waals surface area contributed by atoms with Crippen molar-refractivity contribution >= 4 is 5.78 Å². The number of piperidine rings is 1. The summed E-state index contributed by atoms with van der Waals surface area (Å²) in [6.07, 6.45) is 8.30. The molecule has 3 unspecified atom stereocenters. The van der Waals surface area contributed by atoms with E-state index in [1.165, 1.54) is 32.1 Å². The molecule has 2 bridgehead atoms. The van der Waals surface area contributed by atoms with Gasteiger partial charge in [0.2, 0.25) is 0 Å². The Kier molecular flexibility index (Phi) is 2.39. The SMILES string of the molecule is CC1(C)CCCC1N1C2CCC1CC(=O)C2. The number of nitrogens with zero attached hydrogens (tertiary/aromatic N) is 1. The lowest BCUT2D eigenvalue weighted by molar-refractivity contribution is -0.125. The van der Waals surface area contributed by atoms with Crippen molar-refractivity contribution in [2.75, 3.05) is 0 Å². The summed E-state index contributed by atoms with van der Waals surface area (Å²) in [4.78, 5) is 14.4. The maximum absolute atomic E-state index is 11.6. The van der Waals surface area contributed by atoms with Crippen LogP contribution in [0, 0.1) is 5.41 Å². The largest absolute Gasteiger partial charge is 0.300 e. The average Bonchev–Trinajstić information content (AvgIpc) is 2.64. The molecule has 2 heterocycles. The zero-order chi connectivity index (χ0) is 11.3. The Morgan fingerprint density at radius 1 is 1.12 bits per heavy atom. The van der Waals surface area contributed by atoms with Crippen molar-refractivity contribution in [2.24, 2.45) is 5.41 Å². The fourth-order valence-electron chi connectivity index (χ4n) is 4.37. The van der Waals surface area contributed by atoms with Gasteiger partial charge in [0.1, 0.15) is 5.78 Å². The molecule has 0 aromatic rings. The lowest BCUT2D eigenvalue weighted by Crippen LogP contribution is -2.52. The maximum Gasteiger partial charge on any atom is 0.136 e. The highest BCUT2D eigenvalue weighted by Gasteiger charge is 2.48. The summed E-state index contributed by atoms with van der Waals surface area (Å²) in [5.74, 6) is 0.513. The summed E-state index contributed by atoms with van der Waals surface area (Å²) in [5, 5.41) is 0. The lowest BCUT2D eigenvalue weighted by Gasteiger charge is -2.44. The van der Waals surface area contributed by atoms with Crippen molar-refractivity contribution in [3.63, 3.8) is 0 Å². The molecule has 16 heavy (non-hydrogen) atoms. The number of carbonyl (C=O) groups excluding carboxylic acids is 1. The topological polar surface area (TPSA) is 20.3 Å². The molecule has 90 valence electrons. The van der Waals surface area contributed by atoms with E-state index in [-0.39, 0.29) is 0 Å². The molecule has 2 saturated heterocycles. The van der Waals surface area contributed by atoms with Gasteiger partial charge in [0, 0.05) is 31.0 Å². The number of Topliss-reactive ketones (excluding diaryl/α,β-unsaturated/α-hetero) is 1.